The van der Waals surface area contributed by atoms with Crippen molar-refractivity contribution in [3.05, 3.63) is 48.0 Å². The maximum atomic E-state index is 13.0. The average molecular weight is 272 g/mol. The third-order valence-corrected chi connectivity index (χ3v) is 4.13. The van der Waals surface area contributed by atoms with Crippen LogP contribution in [0.3, 0.4) is 0 Å². The summed E-state index contributed by atoms with van der Waals surface area (Å²) < 4.78 is 13.0. The van der Waals surface area contributed by atoms with Gasteiger partial charge in [0.2, 0.25) is 0 Å². The van der Waals surface area contributed by atoms with E-state index in [4.69, 9.17) is 0 Å². The zero-order valence-electron chi connectivity index (χ0n) is 11.7. The van der Waals surface area contributed by atoms with Gasteiger partial charge in [0.15, 0.2) is 0 Å². The third-order valence-electron chi connectivity index (χ3n) is 4.13. The summed E-state index contributed by atoms with van der Waals surface area (Å²) in [7, 11) is 0. The lowest BCUT2D eigenvalue weighted by Crippen LogP contribution is -2.45. The predicted octanol–water partition coefficient (Wildman–Crippen LogP) is 3.15. The largest absolute Gasteiger partial charge is 0.314 e. The molecular weight excluding hydrogens is 251 g/mol. The molecule has 1 aliphatic heterocycles. The van der Waals surface area contributed by atoms with Crippen LogP contribution in [0.15, 0.2) is 42.5 Å². The zero-order chi connectivity index (χ0) is 13.8. The predicted molar refractivity (Wildman–Crippen MR) is 81.7 cm³/mol. The highest BCUT2D eigenvalue weighted by molar-refractivity contribution is 5.83. The maximum Gasteiger partial charge on any atom is 0.0912 e. The lowest BCUT2D eigenvalue weighted by molar-refractivity contribution is 0.157. The summed E-state index contributed by atoms with van der Waals surface area (Å²) in [5.41, 5.74) is 1.24. The molecule has 2 nitrogen and oxygen atoms in total. The molecule has 1 aliphatic rings. The Hall–Kier alpha value is -1.45. The molecule has 0 radical (unpaired) electrons. The minimum atomic E-state index is -0.262. The number of alkyl halides is 1. The van der Waals surface area contributed by atoms with E-state index in [1.165, 1.54) is 16.3 Å². The van der Waals surface area contributed by atoms with Crippen molar-refractivity contribution in [3.63, 3.8) is 0 Å². The number of nitrogens with one attached hydrogen (secondary N) is 1. The molecule has 0 bridgehead atoms. The van der Waals surface area contributed by atoms with E-state index in [0.717, 1.165) is 26.2 Å². The van der Waals surface area contributed by atoms with Gasteiger partial charge in [-0.2, -0.15) is 0 Å². The molecule has 3 rings (SSSR count). The lowest BCUT2D eigenvalue weighted by Gasteiger charge is -2.35. The Morgan fingerprint density at radius 1 is 1.05 bits per heavy atom. The molecule has 0 aromatic heterocycles. The van der Waals surface area contributed by atoms with Gasteiger partial charge in [0.25, 0.3) is 0 Å². The number of hydrogen-bond acceptors (Lipinski definition) is 2. The average Bonchev–Trinajstić information content (AvgIpc) is 2.53. The third kappa shape index (κ3) is 2.84. The van der Waals surface area contributed by atoms with E-state index >= 15 is 0 Å². The minimum absolute atomic E-state index is 0.201. The van der Waals surface area contributed by atoms with Crippen LogP contribution in [0.1, 0.15) is 18.0 Å². The van der Waals surface area contributed by atoms with E-state index in [-0.39, 0.29) is 12.7 Å². The summed E-state index contributed by atoms with van der Waals surface area (Å²) in [6.07, 6.45) is 0.582. The number of nitrogens with zero attached hydrogens (tertiary/aromatic N) is 1. The molecule has 1 atom stereocenters. The molecule has 0 saturated carbocycles. The zero-order valence-corrected chi connectivity index (χ0v) is 11.7. The van der Waals surface area contributed by atoms with Gasteiger partial charge in [-0.05, 0) is 28.8 Å². The van der Waals surface area contributed by atoms with Crippen LogP contribution in [0.4, 0.5) is 4.39 Å². The fraction of sp³-hybridized carbons (Fsp3) is 0.412. The van der Waals surface area contributed by atoms with Crippen molar-refractivity contribution < 1.29 is 4.39 Å². The van der Waals surface area contributed by atoms with E-state index in [1.807, 2.05) is 0 Å². The van der Waals surface area contributed by atoms with Crippen LogP contribution in [0.25, 0.3) is 10.8 Å². The van der Waals surface area contributed by atoms with Crippen LogP contribution < -0.4 is 5.32 Å². The molecule has 3 heteroatoms. The summed E-state index contributed by atoms with van der Waals surface area (Å²) in [5, 5.41) is 5.84. The van der Waals surface area contributed by atoms with Crippen molar-refractivity contribution in [2.45, 2.75) is 12.5 Å². The molecule has 0 aliphatic carbocycles. The van der Waals surface area contributed by atoms with Gasteiger partial charge in [-0.15, -0.1) is 0 Å². The van der Waals surface area contributed by atoms with Gasteiger partial charge in [0, 0.05) is 32.2 Å². The highest BCUT2D eigenvalue weighted by Gasteiger charge is 2.21. The molecule has 0 amide bonds. The van der Waals surface area contributed by atoms with Crippen molar-refractivity contribution in [2.24, 2.45) is 0 Å². The number of piperazine rings is 1. The Balaban J connectivity index is 1.91. The first kappa shape index (κ1) is 13.5. The second-order valence-electron chi connectivity index (χ2n) is 5.39. The number of fused-ring (bicyclic) bond motifs is 1. The van der Waals surface area contributed by atoms with Gasteiger partial charge < -0.3 is 5.32 Å². The molecule has 106 valence electrons. The molecule has 20 heavy (non-hydrogen) atoms. The van der Waals surface area contributed by atoms with Crippen LogP contribution in [0, 0.1) is 0 Å². The van der Waals surface area contributed by atoms with E-state index in [2.05, 4.69) is 52.7 Å². The summed E-state index contributed by atoms with van der Waals surface area (Å²) in [4.78, 5) is 2.40. The van der Waals surface area contributed by atoms with Gasteiger partial charge in [-0.3, -0.25) is 9.29 Å². The molecule has 0 unspecified atom stereocenters. The lowest BCUT2D eigenvalue weighted by atomic mass is 9.98. The van der Waals surface area contributed by atoms with Crippen molar-refractivity contribution in [1.82, 2.24) is 10.2 Å². The van der Waals surface area contributed by atoms with E-state index < -0.39 is 0 Å². The van der Waals surface area contributed by atoms with Crippen LogP contribution in [0.5, 0.6) is 0 Å². The number of rotatable bonds is 4. The van der Waals surface area contributed by atoms with Crippen molar-refractivity contribution in [1.29, 1.82) is 0 Å². The van der Waals surface area contributed by atoms with Gasteiger partial charge in [0.1, 0.15) is 0 Å². The van der Waals surface area contributed by atoms with E-state index in [0.29, 0.717) is 6.42 Å². The Kier molecular flexibility index (Phi) is 4.28. The fourth-order valence-electron chi connectivity index (χ4n) is 3.07. The smallest absolute Gasteiger partial charge is 0.0912 e. The Labute approximate surface area is 119 Å². The molecule has 2 aromatic rings. The van der Waals surface area contributed by atoms with Crippen LogP contribution >= 0.6 is 0 Å². The topological polar surface area (TPSA) is 15.3 Å². The van der Waals surface area contributed by atoms with Gasteiger partial charge in [-0.25, -0.2) is 0 Å². The summed E-state index contributed by atoms with van der Waals surface area (Å²) in [6.45, 7) is 3.73. The first-order chi connectivity index (χ1) is 9.88. The van der Waals surface area contributed by atoms with Gasteiger partial charge >= 0.3 is 0 Å². The molecule has 1 saturated heterocycles. The summed E-state index contributed by atoms with van der Waals surface area (Å²) in [5.74, 6) is 0. The number of benzene rings is 2. The maximum absolute atomic E-state index is 13.0. The van der Waals surface area contributed by atoms with Gasteiger partial charge in [-0.1, -0.05) is 36.4 Å². The molecule has 2 aromatic carbocycles. The second kappa shape index (κ2) is 6.33. The Morgan fingerprint density at radius 2 is 1.80 bits per heavy atom. The normalized spacial score (nSPS) is 18.2. The first-order valence-electron chi connectivity index (χ1n) is 7.38. The molecule has 1 heterocycles. The summed E-state index contributed by atoms with van der Waals surface area (Å²) in [6, 6.07) is 15.1. The summed E-state index contributed by atoms with van der Waals surface area (Å²) >= 11 is 0. The standard InChI is InChI=1S/C17H21FN2/c18-8-7-17(20-11-9-19-10-12-20)16-6-5-14-3-1-2-4-15(14)13-16/h1-6,13,17,19H,7-12H2/t17-/m1/s1. The first-order valence-corrected chi connectivity index (χ1v) is 7.38. The second-order valence-corrected chi connectivity index (χ2v) is 5.39. The SMILES string of the molecule is FCC[C@H](c1ccc2ccccc2c1)N1CCNCC1. The highest BCUT2D eigenvalue weighted by atomic mass is 19.1. The van der Waals surface area contributed by atoms with E-state index in [1.54, 1.807) is 0 Å². The monoisotopic (exact) mass is 272 g/mol. The number of hydrogen-bond donors (Lipinski definition) is 1. The number of halogens is 1. The van der Waals surface area contributed by atoms with Crippen molar-refractivity contribution >= 4 is 10.8 Å². The minimum Gasteiger partial charge on any atom is -0.314 e. The van der Waals surface area contributed by atoms with Crippen molar-refractivity contribution in [3.8, 4) is 0 Å². The Morgan fingerprint density at radius 3 is 2.55 bits per heavy atom. The van der Waals surface area contributed by atoms with Crippen LogP contribution in [-0.4, -0.2) is 37.8 Å². The van der Waals surface area contributed by atoms with Crippen LogP contribution in [-0.2, 0) is 0 Å². The quantitative estimate of drug-likeness (QED) is 0.920. The van der Waals surface area contributed by atoms with E-state index in [9.17, 15) is 4.39 Å². The van der Waals surface area contributed by atoms with Crippen molar-refractivity contribution in [2.75, 3.05) is 32.9 Å². The fourth-order valence-corrected chi connectivity index (χ4v) is 3.07. The highest BCUT2D eigenvalue weighted by Crippen LogP contribution is 2.27. The van der Waals surface area contributed by atoms with Crippen LogP contribution in [0.2, 0.25) is 0 Å². The molecule has 1 fully saturated rings. The Bertz CT molecular complexity index is 564. The van der Waals surface area contributed by atoms with Gasteiger partial charge in [0.05, 0.1) is 6.67 Å². The molecular formula is C17H21FN2. The molecule has 0 spiro atoms. The molecule has 1 N–H and O–H groups in total.